The number of nitrogens with one attached hydrogen (secondary N) is 2. The monoisotopic (exact) mass is 671 g/mol. The number of H-pyrrole nitrogens is 1. The minimum Gasteiger partial charge on any atom is -0.497 e. The van der Waals surface area contributed by atoms with Crippen LogP contribution in [0.5, 0.6) is 5.75 Å². The van der Waals surface area contributed by atoms with Crippen LogP contribution in [0.15, 0.2) is 41.5 Å². The molecule has 1 aromatic heterocycles. The summed E-state index contributed by atoms with van der Waals surface area (Å²) >= 11 is 0. The Labute approximate surface area is 290 Å². The Balaban J connectivity index is 1.26. The molecule has 4 heterocycles. The normalized spacial score (nSPS) is 24.0. The number of piperidine rings is 1. The van der Waals surface area contributed by atoms with E-state index in [1.165, 1.54) is 11.1 Å². The van der Waals surface area contributed by atoms with E-state index >= 15 is 0 Å². The zero-order valence-electron chi connectivity index (χ0n) is 29.9. The molecule has 3 fully saturated rings. The number of rotatable bonds is 11. The third kappa shape index (κ3) is 6.88. The molecule has 264 valence electrons. The van der Waals surface area contributed by atoms with Crippen LogP contribution in [0, 0.1) is 17.8 Å². The molecule has 4 aliphatic rings. The molecule has 0 radical (unpaired) electrons. The Bertz CT molecular complexity index is 1660. The van der Waals surface area contributed by atoms with Gasteiger partial charge in [0.1, 0.15) is 5.75 Å². The Morgan fingerprint density at radius 3 is 2.39 bits per heavy atom. The van der Waals surface area contributed by atoms with E-state index in [2.05, 4.69) is 44.1 Å². The smallest absolute Gasteiger partial charge is 0.228 e. The van der Waals surface area contributed by atoms with Crippen molar-refractivity contribution in [2.24, 2.45) is 17.8 Å². The number of allylic oxidation sites excluding steroid dienone is 3. The van der Waals surface area contributed by atoms with Crippen molar-refractivity contribution in [3.8, 4) is 5.75 Å². The number of ether oxygens (including phenoxy) is 1. The van der Waals surface area contributed by atoms with Gasteiger partial charge in [-0.3, -0.25) is 19.2 Å². The van der Waals surface area contributed by atoms with Gasteiger partial charge in [0.2, 0.25) is 23.6 Å². The van der Waals surface area contributed by atoms with Gasteiger partial charge in [0.15, 0.2) is 0 Å². The van der Waals surface area contributed by atoms with Crippen LogP contribution in [0.2, 0.25) is 0 Å². The van der Waals surface area contributed by atoms with E-state index < -0.39 is 17.4 Å². The second kappa shape index (κ2) is 14.4. The SMILES string of the molecule is CC[C@]12c3[nH]c4ccc(OC)cc4c3CCN1C(=O)C(CC(=O)NC/C=C(\C)CCC=C(C)C)C[C@@H]2C(=O)N1CCN(C(=O)C2CC2)CC1. The predicted octanol–water partition coefficient (Wildman–Crippen LogP) is 5.08. The fraction of sp³-hybridized carbons (Fsp3) is 0.590. The molecule has 0 spiro atoms. The maximum absolute atomic E-state index is 14.8. The van der Waals surface area contributed by atoms with Gasteiger partial charge in [-0.05, 0) is 89.5 Å². The molecule has 3 aliphatic heterocycles. The molecule has 1 unspecified atom stereocenters. The summed E-state index contributed by atoms with van der Waals surface area (Å²) in [5.41, 5.74) is 4.65. The first-order valence-electron chi connectivity index (χ1n) is 18.2. The number of carbonyl (C=O) groups is 4. The molecule has 1 aromatic carbocycles. The molecule has 10 heteroatoms. The molecule has 4 amide bonds. The van der Waals surface area contributed by atoms with Crippen LogP contribution < -0.4 is 10.1 Å². The number of carbonyl (C=O) groups excluding carboxylic acids is 4. The Kier molecular flexibility index (Phi) is 10.2. The summed E-state index contributed by atoms with van der Waals surface area (Å²) in [6.45, 7) is 11.2. The van der Waals surface area contributed by atoms with Crippen LogP contribution in [0.4, 0.5) is 0 Å². The largest absolute Gasteiger partial charge is 0.497 e. The molecule has 2 N–H and O–H groups in total. The van der Waals surface area contributed by atoms with Gasteiger partial charge in [-0.2, -0.15) is 0 Å². The molecular weight excluding hydrogens is 618 g/mol. The highest BCUT2D eigenvalue weighted by Crippen LogP contribution is 2.52. The summed E-state index contributed by atoms with van der Waals surface area (Å²) < 4.78 is 5.55. The molecule has 2 saturated heterocycles. The number of hydrogen-bond acceptors (Lipinski definition) is 5. The molecule has 3 atom stereocenters. The van der Waals surface area contributed by atoms with Crippen LogP contribution in [0.25, 0.3) is 10.9 Å². The van der Waals surface area contributed by atoms with Crippen LogP contribution >= 0.6 is 0 Å². The minimum absolute atomic E-state index is 0.00212. The highest BCUT2D eigenvalue weighted by molar-refractivity contribution is 5.93. The Hall–Kier alpha value is -4.08. The predicted molar refractivity (Wildman–Crippen MR) is 190 cm³/mol. The van der Waals surface area contributed by atoms with Gasteiger partial charge >= 0.3 is 0 Å². The van der Waals surface area contributed by atoms with Crippen LogP contribution in [-0.2, 0) is 31.1 Å². The number of amides is 4. The highest BCUT2D eigenvalue weighted by Gasteiger charge is 2.59. The number of fused-ring (bicyclic) bond motifs is 5. The molecule has 1 aliphatic carbocycles. The van der Waals surface area contributed by atoms with Crippen LogP contribution in [0.3, 0.4) is 0 Å². The molecular formula is C39H53N5O5. The third-order valence-corrected chi connectivity index (χ3v) is 11.3. The standard InChI is InChI=1S/C39H53N5O5/c1-6-39-32(38(48)43-20-18-42(19-21-43)36(46)27-10-11-27)22-28(23-34(45)40-16-14-26(4)9-7-8-25(2)3)37(47)44(39)17-15-30-31-24-29(49-5)12-13-33(31)41-35(30)39/h8,12-14,24,27-28,32,41H,6-7,9-11,15-23H2,1-5H3,(H,40,45)/b26-14+/t28?,32-,39+/m1/s1. The fourth-order valence-electron chi connectivity index (χ4n) is 8.38. The quantitative estimate of drug-likeness (QED) is 0.324. The molecule has 0 bridgehead atoms. The van der Waals surface area contributed by atoms with Gasteiger partial charge in [-0.15, -0.1) is 0 Å². The number of hydrogen-bond donors (Lipinski definition) is 2. The summed E-state index contributed by atoms with van der Waals surface area (Å²) in [5, 5.41) is 4.06. The van der Waals surface area contributed by atoms with Gasteiger partial charge in [-0.1, -0.05) is 30.2 Å². The van der Waals surface area contributed by atoms with Gasteiger partial charge in [-0.25, -0.2) is 0 Å². The van der Waals surface area contributed by atoms with Crippen molar-refractivity contribution in [2.45, 2.75) is 84.6 Å². The van der Waals surface area contributed by atoms with Gasteiger partial charge in [0.25, 0.3) is 0 Å². The van der Waals surface area contributed by atoms with Crippen molar-refractivity contribution in [3.63, 3.8) is 0 Å². The first-order chi connectivity index (χ1) is 23.6. The maximum atomic E-state index is 14.8. The Morgan fingerprint density at radius 1 is 1.02 bits per heavy atom. The lowest BCUT2D eigenvalue weighted by Crippen LogP contribution is -2.66. The first kappa shape index (κ1) is 34.8. The average molecular weight is 672 g/mol. The van der Waals surface area contributed by atoms with E-state index in [1.54, 1.807) is 7.11 Å². The summed E-state index contributed by atoms with van der Waals surface area (Å²) in [6.07, 6.45) is 9.63. The van der Waals surface area contributed by atoms with E-state index in [0.717, 1.165) is 53.6 Å². The van der Waals surface area contributed by atoms with Crippen LogP contribution in [-0.4, -0.2) is 89.7 Å². The van der Waals surface area contributed by atoms with Crippen LogP contribution in [0.1, 0.15) is 83.9 Å². The summed E-state index contributed by atoms with van der Waals surface area (Å²) in [4.78, 5) is 64.6. The maximum Gasteiger partial charge on any atom is 0.228 e. The Morgan fingerprint density at radius 2 is 1.73 bits per heavy atom. The van der Waals surface area contributed by atoms with Crippen molar-refractivity contribution in [1.29, 1.82) is 0 Å². The highest BCUT2D eigenvalue weighted by atomic mass is 16.5. The molecule has 49 heavy (non-hydrogen) atoms. The number of methoxy groups -OCH3 is 1. The van der Waals surface area contributed by atoms with Crippen molar-refractivity contribution in [1.82, 2.24) is 25.0 Å². The van der Waals surface area contributed by atoms with Crippen molar-refractivity contribution in [2.75, 3.05) is 46.4 Å². The van der Waals surface area contributed by atoms with Gasteiger partial charge < -0.3 is 29.7 Å². The zero-order chi connectivity index (χ0) is 34.9. The summed E-state index contributed by atoms with van der Waals surface area (Å²) in [5.74, 6) is -0.245. The third-order valence-electron chi connectivity index (χ3n) is 11.3. The minimum atomic E-state index is -0.868. The number of piperazine rings is 1. The van der Waals surface area contributed by atoms with Crippen molar-refractivity contribution < 1.29 is 23.9 Å². The second-order valence-electron chi connectivity index (χ2n) is 14.7. The zero-order valence-corrected chi connectivity index (χ0v) is 29.9. The van der Waals surface area contributed by atoms with Crippen molar-refractivity contribution in [3.05, 3.63) is 52.8 Å². The summed E-state index contributed by atoms with van der Waals surface area (Å²) in [6, 6.07) is 5.96. The number of aromatic nitrogens is 1. The lowest BCUT2D eigenvalue weighted by atomic mass is 9.65. The van der Waals surface area contributed by atoms with E-state index in [-0.39, 0.29) is 36.0 Å². The van der Waals surface area contributed by atoms with Crippen molar-refractivity contribution >= 4 is 34.5 Å². The molecule has 1 saturated carbocycles. The molecule has 10 nitrogen and oxygen atoms in total. The van der Waals surface area contributed by atoms with E-state index in [9.17, 15) is 19.2 Å². The van der Waals surface area contributed by atoms with E-state index in [1.807, 2.05) is 39.0 Å². The lowest BCUT2D eigenvalue weighted by Gasteiger charge is -2.56. The topological polar surface area (TPSA) is 115 Å². The molecule has 6 rings (SSSR count). The van der Waals surface area contributed by atoms with Gasteiger partial charge in [0.05, 0.1) is 18.6 Å². The van der Waals surface area contributed by atoms with E-state index in [0.29, 0.717) is 58.5 Å². The summed E-state index contributed by atoms with van der Waals surface area (Å²) in [7, 11) is 1.65. The fourth-order valence-corrected chi connectivity index (χ4v) is 8.38. The average Bonchev–Trinajstić information content (AvgIpc) is 3.88. The first-order valence-corrected chi connectivity index (χ1v) is 18.2. The van der Waals surface area contributed by atoms with E-state index in [4.69, 9.17) is 4.74 Å². The lowest BCUT2D eigenvalue weighted by molar-refractivity contribution is -0.167. The number of nitrogens with zero attached hydrogens (tertiary/aromatic N) is 3. The van der Waals surface area contributed by atoms with Gasteiger partial charge in [0, 0.05) is 74.1 Å². The number of benzene rings is 1. The molecule has 2 aromatic rings. The number of aromatic amines is 1. The second-order valence-corrected chi connectivity index (χ2v) is 14.7.